The van der Waals surface area contributed by atoms with Crippen molar-refractivity contribution in [3.05, 3.63) is 78.0 Å². The Morgan fingerprint density at radius 2 is 1.93 bits per heavy atom. The molecule has 5 heteroatoms. The standard InChI is InChI=1S/C23H24FN3O/c1-28-21-9-7-17(8-10-21)15-27-13-3-5-19(16-27)23-22(25-11-12-26-23)18-4-2-6-20(24)14-18/h2,4,6-12,14,19H,3,5,13,15-16H2,1H3. The summed E-state index contributed by atoms with van der Waals surface area (Å²) >= 11 is 0. The molecule has 1 aliphatic rings. The van der Waals surface area contributed by atoms with Gasteiger partial charge in [0.25, 0.3) is 0 Å². The number of rotatable bonds is 5. The summed E-state index contributed by atoms with van der Waals surface area (Å²) in [5.74, 6) is 0.914. The fourth-order valence-corrected chi connectivity index (χ4v) is 3.92. The molecule has 4 nitrogen and oxygen atoms in total. The summed E-state index contributed by atoms with van der Waals surface area (Å²) in [4.78, 5) is 11.6. The molecule has 1 unspecified atom stereocenters. The molecule has 2 heterocycles. The molecule has 1 fully saturated rings. The molecule has 0 aliphatic carbocycles. The maximum atomic E-state index is 13.7. The van der Waals surface area contributed by atoms with Crippen LogP contribution in [0.5, 0.6) is 5.75 Å². The molecule has 4 rings (SSSR count). The SMILES string of the molecule is COc1ccc(CN2CCCC(c3nccnc3-c3cccc(F)c3)C2)cc1. The number of likely N-dealkylation sites (tertiary alicyclic amines) is 1. The van der Waals surface area contributed by atoms with E-state index in [4.69, 9.17) is 4.74 Å². The number of piperidine rings is 1. The highest BCUT2D eigenvalue weighted by molar-refractivity contribution is 5.62. The van der Waals surface area contributed by atoms with Crippen LogP contribution >= 0.6 is 0 Å². The second kappa shape index (κ2) is 8.48. The first kappa shape index (κ1) is 18.6. The summed E-state index contributed by atoms with van der Waals surface area (Å²) in [7, 11) is 1.68. The van der Waals surface area contributed by atoms with Gasteiger partial charge < -0.3 is 4.74 Å². The predicted octanol–water partition coefficient (Wildman–Crippen LogP) is 4.67. The van der Waals surface area contributed by atoms with Gasteiger partial charge in [0.1, 0.15) is 11.6 Å². The molecule has 1 aliphatic heterocycles. The van der Waals surface area contributed by atoms with Gasteiger partial charge in [0, 0.05) is 37.0 Å². The number of hydrogen-bond acceptors (Lipinski definition) is 4. The molecule has 0 radical (unpaired) electrons. The van der Waals surface area contributed by atoms with Crippen molar-refractivity contribution < 1.29 is 9.13 Å². The lowest BCUT2D eigenvalue weighted by Crippen LogP contribution is -2.34. The molecule has 0 bridgehead atoms. The summed E-state index contributed by atoms with van der Waals surface area (Å²) in [5, 5.41) is 0. The molecule has 0 saturated carbocycles. The first-order valence-electron chi connectivity index (χ1n) is 9.65. The van der Waals surface area contributed by atoms with E-state index < -0.39 is 0 Å². The monoisotopic (exact) mass is 377 g/mol. The van der Waals surface area contributed by atoms with Gasteiger partial charge in [-0.2, -0.15) is 0 Å². The summed E-state index contributed by atoms with van der Waals surface area (Å²) in [5.41, 5.74) is 3.81. The van der Waals surface area contributed by atoms with Crippen LogP contribution in [0.2, 0.25) is 0 Å². The van der Waals surface area contributed by atoms with Crippen LogP contribution in [0.4, 0.5) is 4.39 Å². The van der Waals surface area contributed by atoms with Crippen molar-refractivity contribution in [2.75, 3.05) is 20.2 Å². The second-order valence-electron chi connectivity index (χ2n) is 7.22. The summed E-state index contributed by atoms with van der Waals surface area (Å²) in [6, 6.07) is 14.8. The second-order valence-corrected chi connectivity index (χ2v) is 7.22. The minimum atomic E-state index is -0.251. The minimum absolute atomic E-state index is 0.251. The van der Waals surface area contributed by atoms with Crippen LogP contribution in [0, 0.1) is 5.82 Å². The molecule has 1 aromatic heterocycles. The van der Waals surface area contributed by atoms with Crippen LogP contribution < -0.4 is 4.74 Å². The number of nitrogens with zero attached hydrogens (tertiary/aromatic N) is 3. The fourth-order valence-electron chi connectivity index (χ4n) is 3.92. The van der Waals surface area contributed by atoms with Gasteiger partial charge in [0.2, 0.25) is 0 Å². The average molecular weight is 377 g/mol. The smallest absolute Gasteiger partial charge is 0.123 e. The van der Waals surface area contributed by atoms with Gasteiger partial charge in [-0.3, -0.25) is 14.9 Å². The Kier molecular flexibility index (Phi) is 5.63. The third-order valence-corrected chi connectivity index (χ3v) is 5.28. The first-order valence-corrected chi connectivity index (χ1v) is 9.65. The highest BCUT2D eigenvalue weighted by Crippen LogP contribution is 2.32. The molecule has 3 aromatic rings. The number of aromatic nitrogens is 2. The van der Waals surface area contributed by atoms with E-state index in [2.05, 4.69) is 27.0 Å². The largest absolute Gasteiger partial charge is 0.497 e. The normalized spacial score (nSPS) is 17.4. The first-order chi connectivity index (χ1) is 13.7. The van der Waals surface area contributed by atoms with Crippen LogP contribution in [0.3, 0.4) is 0 Å². The van der Waals surface area contributed by atoms with Crippen molar-refractivity contribution in [3.8, 4) is 17.0 Å². The molecular formula is C23H24FN3O. The zero-order valence-electron chi connectivity index (χ0n) is 16.0. The molecule has 28 heavy (non-hydrogen) atoms. The molecule has 144 valence electrons. The van der Waals surface area contributed by atoms with E-state index >= 15 is 0 Å². The summed E-state index contributed by atoms with van der Waals surface area (Å²) in [6.45, 7) is 2.89. The zero-order chi connectivity index (χ0) is 19.3. The van der Waals surface area contributed by atoms with Crippen LogP contribution in [0.25, 0.3) is 11.3 Å². The predicted molar refractivity (Wildman–Crippen MR) is 108 cm³/mol. The van der Waals surface area contributed by atoms with Gasteiger partial charge in [0.15, 0.2) is 0 Å². The van der Waals surface area contributed by atoms with Gasteiger partial charge in [-0.1, -0.05) is 24.3 Å². The van der Waals surface area contributed by atoms with Crippen molar-refractivity contribution in [2.24, 2.45) is 0 Å². The van der Waals surface area contributed by atoms with E-state index in [0.29, 0.717) is 5.92 Å². The highest BCUT2D eigenvalue weighted by atomic mass is 19.1. The summed E-state index contributed by atoms with van der Waals surface area (Å²) in [6.07, 6.45) is 5.60. The molecular weight excluding hydrogens is 353 g/mol. The highest BCUT2D eigenvalue weighted by Gasteiger charge is 2.25. The lowest BCUT2D eigenvalue weighted by molar-refractivity contribution is 0.198. The van der Waals surface area contributed by atoms with Crippen LogP contribution in [0.15, 0.2) is 60.9 Å². The lowest BCUT2D eigenvalue weighted by atomic mass is 9.91. The number of ether oxygens (including phenoxy) is 1. The molecule has 1 atom stereocenters. The van der Waals surface area contributed by atoms with Crippen molar-refractivity contribution in [1.82, 2.24) is 14.9 Å². The van der Waals surface area contributed by atoms with Crippen molar-refractivity contribution in [1.29, 1.82) is 0 Å². The van der Waals surface area contributed by atoms with Crippen LogP contribution in [0.1, 0.15) is 30.0 Å². The van der Waals surface area contributed by atoms with Gasteiger partial charge >= 0.3 is 0 Å². The van der Waals surface area contributed by atoms with E-state index in [9.17, 15) is 4.39 Å². The quantitative estimate of drug-likeness (QED) is 0.648. The Labute approximate surface area is 165 Å². The van der Waals surface area contributed by atoms with Crippen LogP contribution in [-0.4, -0.2) is 35.1 Å². The third-order valence-electron chi connectivity index (χ3n) is 5.28. The number of halogens is 1. The van der Waals surface area contributed by atoms with Gasteiger partial charge in [-0.05, 0) is 49.2 Å². The van der Waals surface area contributed by atoms with Gasteiger partial charge in [-0.15, -0.1) is 0 Å². The lowest BCUT2D eigenvalue weighted by Gasteiger charge is -2.33. The number of hydrogen-bond donors (Lipinski definition) is 0. The Balaban J connectivity index is 1.53. The Bertz CT molecular complexity index is 929. The van der Waals surface area contributed by atoms with Gasteiger partial charge in [-0.25, -0.2) is 4.39 Å². The van der Waals surface area contributed by atoms with E-state index in [0.717, 1.165) is 55.2 Å². The fraction of sp³-hybridized carbons (Fsp3) is 0.304. The van der Waals surface area contributed by atoms with E-state index in [1.54, 1.807) is 25.6 Å². The van der Waals surface area contributed by atoms with Crippen molar-refractivity contribution in [3.63, 3.8) is 0 Å². The van der Waals surface area contributed by atoms with Crippen molar-refractivity contribution in [2.45, 2.75) is 25.3 Å². The molecule has 0 amide bonds. The Hall–Kier alpha value is -2.79. The number of methoxy groups -OCH3 is 1. The molecule has 2 aromatic carbocycles. The molecule has 0 N–H and O–H groups in total. The maximum absolute atomic E-state index is 13.7. The summed E-state index contributed by atoms with van der Waals surface area (Å²) < 4.78 is 19.0. The van der Waals surface area contributed by atoms with Crippen molar-refractivity contribution >= 4 is 0 Å². The van der Waals surface area contributed by atoms with Crippen LogP contribution in [-0.2, 0) is 6.54 Å². The van der Waals surface area contributed by atoms with E-state index in [1.807, 2.05) is 18.2 Å². The topological polar surface area (TPSA) is 38.2 Å². The van der Waals surface area contributed by atoms with E-state index in [-0.39, 0.29) is 5.82 Å². The molecule has 0 spiro atoms. The Morgan fingerprint density at radius 1 is 1.11 bits per heavy atom. The van der Waals surface area contributed by atoms with E-state index in [1.165, 1.54) is 17.7 Å². The number of benzene rings is 2. The Morgan fingerprint density at radius 3 is 2.71 bits per heavy atom. The average Bonchev–Trinajstić information content (AvgIpc) is 2.74. The molecule has 1 saturated heterocycles. The maximum Gasteiger partial charge on any atom is 0.123 e. The zero-order valence-corrected chi connectivity index (χ0v) is 16.0. The minimum Gasteiger partial charge on any atom is -0.497 e. The van der Waals surface area contributed by atoms with Gasteiger partial charge in [0.05, 0.1) is 18.5 Å². The third kappa shape index (κ3) is 4.20.